The van der Waals surface area contributed by atoms with E-state index < -0.39 is 0 Å². The molecule has 0 saturated carbocycles. The van der Waals surface area contributed by atoms with Crippen LogP contribution >= 0.6 is 0 Å². The molecule has 0 heterocycles. The van der Waals surface area contributed by atoms with Gasteiger partial charge in [0, 0.05) is 6.54 Å². The van der Waals surface area contributed by atoms with Crippen molar-refractivity contribution in [2.45, 2.75) is 46.6 Å². The molecule has 0 aliphatic heterocycles. The van der Waals surface area contributed by atoms with Crippen LogP contribution in [0.2, 0.25) is 0 Å². The predicted molar refractivity (Wildman–Crippen MR) is 84.6 cm³/mol. The molecule has 3 heteroatoms. The Kier molecular flexibility index (Phi) is 8.12. The molecule has 0 aliphatic carbocycles. The predicted octanol–water partition coefficient (Wildman–Crippen LogP) is 3.88. The van der Waals surface area contributed by atoms with Crippen molar-refractivity contribution in [1.29, 1.82) is 0 Å². The third-order valence-electron chi connectivity index (χ3n) is 2.98. The highest BCUT2D eigenvalue weighted by Crippen LogP contribution is 2.27. The summed E-state index contributed by atoms with van der Waals surface area (Å²) in [5.74, 6) is 2.34. The Morgan fingerprint density at radius 2 is 1.75 bits per heavy atom. The zero-order valence-electron chi connectivity index (χ0n) is 13.3. The molecule has 1 unspecified atom stereocenters. The van der Waals surface area contributed by atoms with Gasteiger partial charge in [0.15, 0.2) is 11.5 Å². The van der Waals surface area contributed by atoms with Crippen LogP contribution in [0.5, 0.6) is 11.5 Å². The van der Waals surface area contributed by atoms with Crippen LogP contribution < -0.4 is 14.8 Å². The standard InChI is InChI=1S/C17H29NO2/c1-5-9-15(13-18-12-14(3)4)20-17-11-8-7-10-16(17)19-6-2/h7-8,10-11,14-15,18H,5-6,9,12-13H2,1-4H3. The summed E-state index contributed by atoms with van der Waals surface area (Å²) < 4.78 is 11.7. The topological polar surface area (TPSA) is 30.5 Å². The summed E-state index contributed by atoms with van der Waals surface area (Å²) in [5.41, 5.74) is 0. The minimum Gasteiger partial charge on any atom is -0.490 e. The maximum Gasteiger partial charge on any atom is 0.161 e. The van der Waals surface area contributed by atoms with Crippen LogP contribution in [0.15, 0.2) is 24.3 Å². The van der Waals surface area contributed by atoms with E-state index >= 15 is 0 Å². The van der Waals surface area contributed by atoms with Crippen molar-refractivity contribution in [3.63, 3.8) is 0 Å². The van der Waals surface area contributed by atoms with E-state index in [9.17, 15) is 0 Å². The number of benzene rings is 1. The molecule has 0 spiro atoms. The number of hydrogen-bond acceptors (Lipinski definition) is 3. The molecule has 1 atom stereocenters. The van der Waals surface area contributed by atoms with E-state index in [0.717, 1.165) is 37.4 Å². The first-order chi connectivity index (χ1) is 9.67. The van der Waals surface area contributed by atoms with Gasteiger partial charge in [-0.15, -0.1) is 0 Å². The molecule has 0 fully saturated rings. The number of para-hydroxylation sites is 2. The van der Waals surface area contributed by atoms with Gasteiger partial charge < -0.3 is 14.8 Å². The molecular formula is C17H29NO2. The van der Waals surface area contributed by atoms with Gasteiger partial charge in [-0.2, -0.15) is 0 Å². The molecule has 0 saturated heterocycles. The molecule has 0 radical (unpaired) electrons. The number of rotatable bonds is 10. The zero-order chi connectivity index (χ0) is 14.8. The van der Waals surface area contributed by atoms with E-state index in [0.29, 0.717) is 12.5 Å². The Hall–Kier alpha value is -1.22. The number of ether oxygens (including phenoxy) is 2. The van der Waals surface area contributed by atoms with Crippen LogP contribution in [0.25, 0.3) is 0 Å². The fourth-order valence-corrected chi connectivity index (χ4v) is 2.06. The third-order valence-corrected chi connectivity index (χ3v) is 2.98. The molecule has 1 rings (SSSR count). The molecule has 1 aromatic rings. The lowest BCUT2D eigenvalue weighted by Gasteiger charge is -2.21. The van der Waals surface area contributed by atoms with Gasteiger partial charge in [0.25, 0.3) is 0 Å². The highest BCUT2D eigenvalue weighted by molar-refractivity contribution is 5.39. The molecule has 114 valence electrons. The van der Waals surface area contributed by atoms with Crippen LogP contribution in [0.3, 0.4) is 0 Å². The van der Waals surface area contributed by atoms with Crippen LogP contribution in [0.1, 0.15) is 40.5 Å². The van der Waals surface area contributed by atoms with Crippen LogP contribution in [-0.2, 0) is 0 Å². The van der Waals surface area contributed by atoms with Gasteiger partial charge in [-0.25, -0.2) is 0 Å². The number of hydrogen-bond donors (Lipinski definition) is 1. The quantitative estimate of drug-likeness (QED) is 0.705. The second kappa shape index (κ2) is 9.65. The van der Waals surface area contributed by atoms with Crippen molar-refractivity contribution in [1.82, 2.24) is 5.32 Å². The highest BCUT2D eigenvalue weighted by Gasteiger charge is 2.12. The Morgan fingerprint density at radius 1 is 1.05 bits per heavy atom. The fraction of sp³-hybridized carbons (Fsp3) is 0.647. The monoisotopic (exact) mass is 279 g/mol. The van der Waals surface area contributed by atoms with Gasteiger partial charge >= 0.3 is 0 Å². The lowest BCUT2D eigenvalue weighted by Crippen LogP contribution is -2.33. The highest BCUT2D eigenvalue weighted by atomic mass is 16.5. The third kappa shape index (κ3) is 6.29. The number of nitrogens with one attached hydrogen (secondary N) is 1. The van der Waals surface area contributed by atoms with E-state index in [2.05, 4.69) is 26.1 Å². The van der Waals surface area contributed by atoms with E-state index in [1.54, 1.807) is 0 Å². The average Bonchev–Trinajstić information content (AvgIpc) is 2.41. The Balaban J connectivity index is 2.59. The lowest BCUT2D eigenvalue weighted by molar-refractivity contribution is 0.175. The fourth-order valence-electron chi connectivity index (χ4n) is 2.06. The molecule has 0 aromatic heterocycles. The zero-order valence-corrected chi connectivity index (χ0v) is 13.3. The molecule has 20 heavy (non-hydrogen) atoms. The second-order valence-corrected chi connectivity index (χ2v) is 5.46. The van der Waals surface area contributed by atoms with Crippen molar-refractivity contribution >= 4 is 0 Å². The average molecular weight is 279 g/mol. The summed E-state index contributed by atoms with van der Waals surface area (Å²) >= 11 is 0. The normalized spacial score (nSPS) is 12.4. The minimum atomic E-state index is 0.195. The van der Waals surface area contributed by atoms with E-state index in [1.807, 2.05) is 31.2 Å². The van der Waals surface area contributed by atoms with Crippen molar-refractivity contribution in [2.24, 2.45) is 5.92 Å². The van der Waals surface area contributed by atoms with Crippen LogP contribution in [0.4, 0.5) is 0 Å². The maximum absolute atomic E-state index is 6.13. The van der Waals surface area contributed by atoms with E-state index in [-0.39, 0.29) is 6.10 Å². The second-order valence-electron chi connectivity index (χ2n) is 5.46. The molecule has 1 aromatic carbocycles. The summed E-state index contributed by atoms with van der Waals surface area (Å²) in [6.45, 7) is 11.2. The smallest absolute Gasteiger partial charge is 0.161 e. The summed E-state index contributed by atoms with van der Waals surface area (Å²) in [5, 5.41) is 3.48. The van der Waals surface area contributed by atoms with Gasteiger partial charge in [0.2, 0.25) is 0 Å². The van der Waals surface area contributed by atoms with Crippen molar-refractivity contribution in [3.8, 4) is 11.5 Å². The first-order valence-electron chi connectivity index (χ1n) is 7.76. The summed E-state index contributed by atoms with van der Waals surface area (Å²) in [6, 6.07) is 7.91. The van der Waals surface area contributed by atoms with E-state index in [1.165, 1.54) is 0 Å². The largest absolute Gasteiger partial charge is 0.490 e. The van der Waals surface area contributed by atoms with Gasteiger partial charge in [0.1, 0.15) is 6.10 Å². The van der Waals surface area contributed by atoms with Gasteiger partial charge in [0.05, 0.1) is 6.61 Å². The molecular weight excluding hydrogens is 250 g/mol. The van der Waals surface area contributed by atoms with E-state index in [4.69, 9.17) is 9.47 Å². The van der Waals surface area contributed by atoms with Crippen LogP contribution in [-0.4, -0.2) is 25.8 Å². The summed E-state index contributed by atoms with van der Waals surface area (Å²) in [7, 11) is 0. The first-order valence-corrected chi connectivity index (χ1v) is 7.76. The molecule has 0 aliphatic rings. The van der Waals surface area contributed by atoms with Crippen LogP contribution in [0, 0.1) is 5.92 Å². The maximum atomic E-state index is 6.13. The molecule has 0 amide bonds. The van der Waals surface area contributed by atoms with Crippen molar-refractivity contribution in [3.05, 3.63) is 24.3 Å². The lowest BCUT2D eigenvalue weighted by atomic mass is 10.2. The van der Waals surface area contributed by atoms with Gasteiger partial charge in [-0.05, 0) is 37.9 Å². The van der Waals surface area contributed by atoms with Crippen molar-refractivity contribution in [2.75, 3.05) is 19.7 Å². The SMILES string of the molecule is CCCC(CNCC(C)C)Oc1ccccc1OCC. The molecule has 1 N–H and O–H groups in total. The Bertz CT molecular complexity index is 366. The summed E-state index contributed by atoms with van der Waals surface area (Å²) in [4.78, 5) is 0. The Labute approximate surface area is 123 Å². The minimum absolute atomic E-state index is 0.195. The first kappa shape index (κ1) is 16.8. The van der Waals surface area contributed by atoms with Gasteiger partial charge in [-0.3, -0.25) is 0 Å². The van der Waals surface area contributed by atoms with Gasteiger partial charge in [-0.1, -0.05) is 39.3 Å². The molecule has 3 nitrogen and oxygen atoms in total. The summed E-state index contributed by atoms with van der Waals surface area (Å²) in [6.07, 6.45) is 2.36. The molecule has 0 bridgehead atoms. The Morgan fingerprint density at radius 3 is 2.35 bits per heavy atom. The van der Waals surface area contributed by atoms with Crippen molar-refractivity contribution < 1.29 is 9.47 Å².